The van der Waals surface area contributed by atoms with Crippen molar-refractivity contribution < 1.29 is 18.0 Å². The first kappa shape index (κ1) is 17.8. The number of nitrogens with one attached hydrogen (secondary N) is 1. The van der Waals surface area contributed by atoms with Gasteiger partial charge in [-0.3, -0.25) is 10.2 Å². The van der Waals surface area contributed by atoms with Gasteiger partial charge in [0, 0.05) is 12.0 Å². The highest BCUT2D eigenvalue weighted by Crippen LogP contribution is 2.42. The van der Waals surface area contributed by atoms with Crippen LogP contribution in [-0.4, -0.2) is 22.6 Å². The van der Waals surface area contributed by atoms with E-state index in [0.717, 1.165) is 29.8 Å². The van der Waals surface area contributed by atoms with E-state index in [9.17, 15) is 18.0 Å². The van der Waals surface area contributed by atoms with Gasteiger partial charge in [0.15, 0.2) is 6.04 Å². The minimum absolute atomic E-state index is 0.0498. The summed E-state index contributed by atoms with van der Waals surface area (Å²) in [7, 11) is 0. The zero-order chi connectivity index (χ0) is 17.3. The van der Waals surface area contributed by atoms with Crippen LogP contribution in [0.15, 0.2) is 24.3 Å². The van der Waals surface area contributed by atoms with Crippen LogP contribution < -0.4 is 5.43 Å². The van der Waals surface area contributed by atoms with Crippen molar-refractivity contribution in [3.63, 3.8) is 0 Å². The third-order valence-corrected chi connectivity index (χ3v) is 4.17. The number of unbranched alkanes of at least 4 members (excludes halogenated alkanes) is 1. The van der Waals surface area contributed by atoms with Crippen LogP contribution in [0.3, 0.4) is 0 Å². The van der Waals surface area contributed by atoms with Gasteiger partial charge in [0.05, 0.1) is 0 Å². The molecule has 0 aromatic heterocycles. The number of nitrogens with zero attached hydrogens (tertiary/aromatic N) is 1. The predicted molar refractivity (Wildman–Crippen MR) is 82.5 cm³/mol. The minimum atomic E-state index is -4.47. The Morgan fingerprint density at radius 2 is 1.87 bits per heavy atom. The summed E-state index contributed by atoms with van der Waals surface area (Å²) in [6.45, 7) is 5.35. The molecule has 6 heteroatoms. The quantitative estimate of drug-likeness (QED) is 0.881. The summed E-state index contributed by atoms with van der Waals surface area (Å²) < 4.78 is 40.9. The van der Waals surface area contributed by atoms with Crippen LogP contribution in [-0.2, 0) is 11.2 Å². The van der Waals surface area contributed by atoms with E-state index in [2.05, 4.69) is 12.3 Å². The lowest BCUT2D eigenvalue weighted by atomic mass is 9.96. The average Bonchev–Trinajstić information content (AvgIpc) is 2.69. The lowest BCUT2D eigenvalue weighted by molar-refractivity contribution is -0.203. The molecular weight excluding hydrogens is 305 g/mol. The predicted octanol–water partition coefficient (Wildman–Crippen LogP) is 4.15. The number of halogens is 3. The largest absolute Gasteiger partial charge is 0.409 e. The minimum Gasteiger partial charge on any atom is -0.287 e. The van der Waals surface area contributed by atoms with Crippen LogP contribution in [0, 0.1) is 0 Å². The van der Waals surface area contributed by atoms with Crippen molar-refractivity contribution in [3.8, 4) is 0 Å². The monoisotopic (exact) mass is 328 g/mol. The summed E-state index contributed by atoms with van der Waals surface area (Å²) in [4.78, 5) is 11.6. The lowest BCUT2D eigenvalue weighted by Gasteiger charge is -2.38. The Morgan fingerprint density at radius 1 is 1.26 bits per heavy atom. The molecule has 0 aliphatic carbocycles. The number of alkyl halides is 3. The molecule has 1 aliphatic rings. The van der Waals surface area contributed by atoms with Crippen molar-refractivity contribution in [1.29, 1.82) is 0 Å². The van der Waals surface area contributed by atoms with E-state index >= 15 is 0 Å². The van der Waals surface area contributed by atoms with Crippen molar-refractivity contribution in [1.82, 2.24) is 10.4 Å². The van der Waals surface area contributed by atoms with Crippen molar-refractivity contribution >= 4 is 5.91 Å². The van der Waals surface area contributed by atoms with Crippen molar-refractivity contribution in [2.45, 2.75) is 64.2 Å². The average molecular weight is 328 g/mol. The van der Waals surface area contributed by atoms with E-state index in [1.807, 2.05) is 0 Å². The van der Waals surface area contributed by atoms with Gasteiger partial charge < -0.3 is 0 Å². The van der Waals surface area contributed by atoms with Crippen molar-refractivity contribution in [3.05, 3.63) is 35.4 Å². The Kier molecular flexibility index (Phi) is 5.04. The third-order valence-electron chi connectivity index (χ3n) is 4.17. The van der Waals surface area contributed by atoms with E-state index in [1.165, 1.54) is 12.1 Å². The summed E-state index contributed by atoms with van der Waals surface area (Å²) in [5.41, 5.74) is 2.66. The number of amides is 1. The van der Waals surface area contributed by atoms with Gasteiger partial charge >= 0.3 is 6.18 Å². The summed E-state index contributed by atoms with van der Waals surface area (Å²) in [6.07, 6.45) is -1.51. The molecule has 1 aromatic carbocycles. The van der Waals surface area contributed by atoms with Crippen LogP contribution in [0.4, 0.5) is 13.2 Å². The second-order valence-corrected chi connectivity index (χ2v) is 6.68. The smallest absolute Gasteiger partial charge is 0.287 e. The summed E-state index contributed by atoms with van der Waals surface area (Å²) in [5.74, 6) is -0.385. The molecule has 128 valence electrons. The molecule has 1 aliphatic heterocycles. The zero-order valence-corrected chi connectivity index (χ0v) is 13.7. The molecule has 0 saturated carbocycles. The molecule has 1 saturated heterocycles. The molecule has 1 fully saturated rings. The number of hydrogen-bond donors (Lipinski definition) is 1. The lowest BCUT2D eigenvalue weighted by Crippen LogP contribution is -2.51. The van der Waals surface area contributed by atoms with E-state index in [4.69, 9.17) is 0 Å². The molecule has 1 amide bonds. The SMILES string of the molecule is CCCCc1ccc(C(N2NC(=O)CC2(C)C)C(F)(F)F)cc1. The van der Waals surface area contributed by atoms with Crippen molar-refractivity contribution in [2.24, 2.45) is 0 Å². The van der Waals surface area contributed by atoms with E-state index < -0.39 is 17.8 Å². The molecule has 23 heavy (non-hydrogen) atoms. The maximum absolute atomic E-state index is 13.6. The molecule has 0 bridgehead atoms. The highest BCUT2D eigenvalue weighted by molar-refractivity contribution is 5.79. The number of aryl methyl sites for hydroxylation is 1. The Bertz CT molecular complexity index is 552. The fourth-order valence-electron chi connectivity index (χ4n) is 2.95. The molecule has 1 N–H and O–H groups in total. The van der Waals surface area contributed by atoms with Gasteiger partial charge in [0.2, 0.25) is 5.91 Å². The summed E-state index contributed by atoms with van der Waals surface area (Å²) in [6, 6.07) is 4.68. The fraction of sp³-hybridized carbons (Fsp3) is 0.588. The Labute approximate surface area is 134 Å². The second kappa shape index (κ2) is 6.51. The standard InChI is InChI=1S/C17H23F3N2O/c1-4-5-6-12-7-9-13(10-8-12)15(17(18,19)20)22-16(2,3)11-14(23)21-22/h7-10,15H,4-6,11H2,1-3H3,(H,21,23). The molecular formula is C17H23F3N2O. The first-order valence-electron chi connectivity index (χ1n) is 7.89. The number of hydrazine groups is 1. The molecule has 2 rings (SSSR count). The highest BCUT2D eigenvalue weighted by Gasteiger charge is 2.52. The number of carbonyl (C=O) groups is 1. The van der Waals surface area contributed by atoms with Crippen LogP contribution >= 0.6 is 0 Å². The normalized spacial score (nSPS) is 19.7. The van der Waals surface area contributed by atoms with Gasteiger partial charge in [-0.2, -0.15) is 18.2 Å². The Hall–Kier alpha value is -1.56. The summed E-state index contributed by atoms with van der Waals surface area (Å²) in [5, 5.41) is 1.04. The Morgan fingerprint density at radius 3 is 2.30 bits per heavy atom. The highest BCUT2D eigenvalue weighted by atomic mass is 19.4. The number of hydrogen-bond acceptors (Lipinski definition) is 2. The van der Waals surface area contributed by atoms with Gasteiger partial charge in [0.1, 0.15) is 0 Å². The molecule has 0 radical (unpaired) electrons. The fourth-order valence-corrected chi connectivity index (χ4v) is 2.95. The maximum atomic E-state index is 13.6. The molecule has 3 nitrogen and oxygen atoms in total. The van der Waals surface area contributed by atoms with Gasteiger partial charge in [0.25, 0.3) is 0 Å². The number of carbonyl (C=O) groups excluding carboxylic acids is 1. The number of rotatable bonds is 5. The Balaban J connectivity index is 2.31. The van der Waals surface area contributed by atoms with Gasteiger partial charge in [-0.25, -0.2) is 0 Å². The molecule has 1 aromatic rings. The van der Waals surface area contributed by atoms with Gasteiger partial charge in [-0.15, -0.1) is 0 Å². The zero-order valence-electron chi connectivity index (χ0n) is 13.7. The van der Waals surface area contributed by atoms with Crippen LogP contribution in [0.25, 0.3) is 0 Å². The maximum Gasteiger partial charge on any atom is 0.409 e. The molecule has 1 unspecified atom stereocenters. The first-order valence-corrected chi connectivity index (χ1v) is 7.89. The van der Waals surface area contributed by atoms with E-state index in [1.54, 1.807) is 26.0 Å². The van der Waals surface area contributed by atoms with E-state index in [0.29, 0.717) is 0 Å². The van der Waals surface area contributed by atoms with Crippen LogP contribution in [0.5, 0.6) is 0 Å². The summed E-state index contributed by atoms with van der Waals surface area (Å²) >= 11 is 0. The van der Waals surface area contributed by atoms with Crippen LogP contribution in [0.2, 0.25) is 0 Å². The topological polar surface area (TPSA) is 32.3 Å². The number of benzene rings is 1. The first-order chi connectivity index (χ1) is 10.6. The van der Waals surface area contributed by atoms with Crippen molar-refractivity contribution in [2.75, 3.05) is 0 Å². The van der Waals surface area contributed by atoms with Crippen LogP contribution in [0.1, 0.15) is 57.2 Å². The second-order valence-electron chi connectivity index (χ2n) is 6.68. The van der Waals surface area contributed by atoms with E-state index in [-0.39, 0.29) is 17.9 Å². The van der Waals surface area contributed by atoms with Gasteiger partial charge in [-0.1, -0.05) is 37.6 Å². The molecule has 0 spiro atoms. The third kappa shape index (κ3) is 4.05. The molecule has 1 heterocycles. The van der Waals surface area contributed by atoms with Gasteiger partial charge in [-0.05, 0) is 37.8 Å². The molecule has 1 atom stereocenters.